The second-order valence-electron chi connectivity index (χ2n) is 7.73. The Morgan fingerprint density at radius 2 is 2.12 bits per heavy atom. The molecular weight excluding hydrogens is 332 g/mol. The van der Waals surface area contributed by atoms with Crippen LogP contribution in [0.15, 0.2) is 11.2 Å². The van der Waals surface area contributed by atoms with Crippen LogP contribution in [0.4, 0.5) is 0 Å². The SMILES string of the molecule is CC(C)Cn1ncc2c1CCc1sc(=NC(=O)C3CCCC3)n(C)c1-2. The van der Waals surface area contributed by atoms with E-state index in [-0.39, 0.29) is 11.8 Å². The average Bonchev–Trinajstić information content (AvgIpc) is 3.28. The number of hydrogen-bond donors (Lipinski definition) is 0. The Bertz CT molecular complexity index is 865. The second-order valence-corrected chi connectivity index (χ2v) is 8.79. The third kappa shape index (κ3) is 3.01. The lowest BCUT2D eigenvalue weighted by molar-refractivity contribution is -0.121. The molecule has 2 heterocycles. The highest BCUT2D eigenvalue weighted by Gasteiger charge is 2.26. The summed E-state index contributed by atoms with van der Waals surface area (Å²) in [6.45, 7) is 5.40. The Morgan fingerprint density at radius 1 is 1.36 bits per heavy atom. The van der Waals surface area contributed by atoms with E-state index in [1.807, 2.05) is 13.2 Å². The minimum Gasteiger partial charge on any atom is -0.319 e. The van der Waals surface area contributed by atoms with Crippen molar-refractivity contribution in [1.82, 2.24) is 14.3 Å². The minimum atomic E-state index is 0.0717. The van der Waals surface area contributed by atoms with Crippen molar-refractivity contribution in [1.29, 1.82) is 0 Å². The molecule has 1 amide bonds. The number of carbonyl (C=O) groups is 1. The van der Waals surface area contributed by atoms with Crippen LogP contribution in [0, 0.1) is 11.8 Å². The molecule has 4 rings (SSSR count). The van der Waals surface area contributed by atoms with E-state index in [9.17, 15) is 4.79 Å². The Hall–Kier alpha value is -1.69. The molecule has 0 bridgehead atoms. The highest BCUT2D eigenvalue weighted by atomic mass is 32.1. The lowest BCUT2D eigenvalue weighted by Gasteiger charge is -2.16. The minimum absolute atomic E-state index is 0.0717. The molecule has 2 aliphatic carbocycles. The standard InChI is InChI=1S/C19H26N4OS/c1-12(2)11-23-15-8-9-16-17(14(15)10-20-23)22(3)19(25-16)21-18(24)13-6-4-5-7-13/h10,12-13H,4-9,11H2,1-3H3. The van der Waals surface area contributed by atoms with Crippen LogP contribution in [0.3, 0.4) is 0 Å². The first kappa shape index (κ1) is 16.8. The van der Waals surface area contributed by atoms with Crippen LogP contribution in [-0.4, -0.2) is 20.3 Å². The summed E-state index contributed by atoms with van der Waals surface area (Å²) in [6.07, 6.45) is 8.36. The van der Waals surface area contributed by atoms with Gasteiger partial charge in [-0.3, -0.25) is 9.48 Å². The molecule has 0 aromatic carbocycles. The van der Waals surface area contributed by atoms with Gasteiger partial charge < -0.3 is 4.57 Å². The van der Waals surface area contributed by atoms with E-state index in [2.05, 4.69) is 33.2 Å². The first-order valence-corrected chi connectivity index (χ1v) is 10.2. The zero-order valence-electron chi connectivity index (χ0n) is 15.3. The Kier molecular flexibility index (Phi) is 4.40. The monoisotopic (exact) mass is 358 g/mol. The van der Waals surface area contributed by atoms with E-state index >= 15 is 0 Å². The van der Waals surface area contributed by atoms with Crippen molar-refractivity contribution in [2.75, 3.05) is 0 Å². The number of aromatic nitrogens is 3. The van der Waals surface area contributed by atoms with Crippen molar-refractivity contribution >= 4 is 17.2 Å². The maximum absolute atomic E-state index is 12.5. The van der Waals surface area contributed by atoms with Gasteiger partial charge in [-0.15, -0.1) is 11.3 Å². The van der Waals surface area contributed by atoms with Gasteiger partial charge >= 0.3 is 0 Å². The van der Waals surface area contributed by atoms with Crippen LogP contribution in [0.5, 0.6) is 0 Å². The zero-order valence-corrected chi connectivity index (χ0v) is 16.1. The van der Waals surface area contributed by atoms with Gasteiger partial charge in [-0.05, 0) is 31.6 Å². The molecule has 5 nitrogen and oxygen atoms in total. The van der Waals surface area contributed by atoms with E-state index in [0.717, 1.165) is 49.9 Å². The summed E-state index contributed by atoms with van der Waals surface area (Å²) in [5.41, 5.74) is 3.75. The van der Waals surface area contributed by atoms with Gasteiger partial charge in [0.2, 0.25) is 0 Å². The molecule has 134 valence electrons. The summed E-state index contributed by atoms with van der Waals surface area (Å²) in [4.78, 5) is 19.1. The molecule has 2 aromatic heterocycles. The third-order valence-corrected chi connectivity index (χ3v) is 6.53. The number of thiazole rings is 1. The Morgan fingerprint density at radius 3 is 2.84 bits per heavy atom. The predicted molar refractivity (Wildman–Crippen MR) is 99.3 cm³/mol. The molecule has 1 fully saturated rings. The molecule has 0 radical (unpaired) electrons. The largest absolute Gasteiger partial charge is 0.319 e. The van der Waals surface area contributed by atoms with Crippen molar-refractivity contribution in [3.05, 3.63) is 21.6 Å². The first-order valence-electron chi connectivity index (χ1n) is 9.37. The number of aryl methyl sites for hydroxylation is 1. The fourth-order valence-electron chi connectivity index (χ4n) is 4.07. The molecule has 0 atom stereocenters. The average molecular weight is 359 g/mol. The van der Waals surface area contributed by atoms with Gasteiger partial charge in [0, 0.05) is 35.6 Å². The summed E-state index contributed by atoms with van der Waals surface area (Å²) >= 11 is 1.67. The van der Waals surface area contributed by atoms with E-state index in [4.69, 9.17) is 0 Å². The lowest BCUT2D eigenvalue weighted by atomic mass is 10.00. The van der Waals surface area contributed by atoms with Gasteiger partial charge in [0.1, 0.15) is 0 Å². The van der Waals surface area contributed by atoms with Crippen LogP contribution >= 0.6 is 11.3 Å². The van der Waals surface area contributed by atoms with E-state index in [0.29, 0.717) is 5.92 Å². The topological polar surface area (TPSA) is 52.2 Å². The van der Waals surface area contributed by atoms with Crippen molar-refractivity contribution in [2.24, 2.45) is 23.9 Å². The quantitative estimate of drug-likeness (QED) is 0.845. The molecule has 6 heteroatoms. The molecule has 1 saturated carbocycles. The van der Waals surface area contributed by atoms with Crippen LogP contribution in [0.25, 0.3) is 11.3 Å². The first-order chi connectivity index (χ1) is 12.0. The van der Waals surface area contributed by atoms with E-state index < -0.39 is 0 Å². The number of hydrogen-bond acceptors (Lipinski definition) is 3. The summed E-state index contributed by atoms with van der Waals surface area (Å²) in [7, 11) is 2.03. The summed E-state index contributed by atoms with van der Waals surface area (Å²) in [5, 5.41) is 4.62. The summed E-state index contributed by atoms with van der Waals surface area (Å²) in [5.74, 6) is 0.794. The number of carbonyl (C=O) groups excluding carboxylic acids is 1. The third-order valence-electron chi connectivity index (χ3n) is 5.34. The van der Waals surface area contributed by atoms with Gasteiger partial charge in [-0.25, -0.2) is 0 Å². The molecular formula is C19H26N4OS. The van der Waals surface area contributed by atoms with E-state index in [1.165, 1.54) is 21.8 Å². The smallest absolute Gasteiger partial charge is 0.251 e. The number of rotatable bonds is 3. The molecule has 0 N–H and O–H groups in total. The molecule has 0 spiro atoms. The van der Waals surface area contributed by atoms with Crippen molar-refractivity contribution in [2.45, 2.75) is 58.9 Å². The lowest BCUT2D eigenvalue weighted by Crippen LogP contribution is -2.18. The van der Waals surface area contributed by atoms with Gasteiger partial charge in [-0.1, -0.05) is 26.7 Å². The van der Waals surface area contributed by atoms with Crippen molar-refractivity contribution in [3.63, 3.8) is 0 Å². The van der Waals surface area contributed by atoms with E-state index in [1.54, 1.807) is 11.3 Å². The van der Waals surface area contributed by atoms with Crippen LogP contribution in [0.2, 0.25) is 0 Å². The van der Waals surface area contributed by atoms with Gasteiger partial charge in [0.05, 0.1) is 11.9 Å². The van der Waals surface area contributed by atoms with Crippen LogP contribution in [0.1, 0.15) is 50.1 Å². The summed E-state index contributed by atoms with van der Waals surface area (Å²) < 4.78 is 4.26. The molecule has 2 aromatic rings. The number of nitrogens with zero attached hydrogens (tertiary/aromatic N) is 4. The Labute approximate surface area is 152 Å². The van der Waals surface area contributed by atoms with Crippen molar-refractivity contribution in [3.8, 4) is 11.3 Å². The second kappa shape index (κ2) is 6.56. The fraction of sp³-hybridized carbons (Fsp3) is 0.632. The predicted octanol–water partition coefficient (Wildman–Crippen LogP) is 3.32. The van der Waals surface area contributed by atoms with Crippen LogP contribution < -0.4 is 4.80 Å². The maximum Gasteiger partial charge on any atom is 0.251 e. The maximum atomic E-state index is 12.5. The van der Waals surface area contributed by atoms with Gasteiger partial charge in [0.15, 0.2) is 4.80 Å². The molecule has 2 aliphatic rings. The Balaban J connectivity index is 1.72. The number of fused-ring (bicyclic) bond motifs is 3. The molecule has 25 heavy (non-hydrogen) atoms. The molecule has 0 unspecified atom stereocenters. The van der Waals surface area contributed by atoms with Crippen molar-refractivity contribution < 1.29 is 4.79 Å². The normalized spacial score (nSPS) is 18.0. The molecule has 0 aliphatic heterocycles. The van der Waals surface area contributed by atoms with Gasteiger partial charge in [0.25, 0.3) is 5.91 Å². The van der Waals surface area contributed by atoms with Gasteiger partial charge in [-0.2, -0.15) is 10.1 Å². The highest BCUT2D eigenvalue weighted by molar-refractivity contribution is 7.09. The summed E-state index contributed by atoms with van der Waals surface area (Å²) in [6, 6.07) is 0. The zero-order chi connectivity index (χ0) is 17.6. The molecule has 0 saturated heterocycles. The highest BCUT2D eigenvalue weighted by Crippen LogP contribution is 2.35. The number of amides is 1. The fourth-order valence-corrected chi connectivity index (χ4v) is 5.21. The van der Waals surface area contributed by atoms with Crippen LogP contribution in [-0.2, 0) is 31.2 Å².